The fraction of sp³-hybridized carbons (Fsp3) is 0.0103. The van der Waals surface area contributed by atoms with Gasteiger partial charge in [0.15, 0.2) is 0 Å². The minimum Gasteiger partial charge on any atom is -0.457 e. The standard InChI is InChI=1S/C97H60ClN3O2S2/c98-66-46-49-79-78(56-66)93-82(41-25-42-83(93)101(69-36-17-6-18-37-69)72-57-76(63-30-11-3-12-31-63)96-77(58-72)73-38-19-22-43-86(73)103-96)97(79)80-50-47-70(99(67-32-13-4-14-33-67)84-52-64(61-26-7-1-8-27-61)54-91-94(84)74-39-20-23-44-89(74)104-91)59-87(80)102-88-60-71(48-51-81(88)97)100(68-34-15-5-16-35-68)85-53-65(62-28-9-2-10-29-62)55-92-95(85)75-40-21-24-45-90(75)105-92/h1-60H. The van der Waals surface area contributed by atoms with Gasteiger partial charge in [-0.25, -0.2) is 0 Å². The molecule has 19 aromatic rings. The van der Waals surface area contributed by atoms with Crippen LogP contribution in [0.4, 0.5) is 51.2 Å². The Balaban J connectivity index is 0.847. The van der Waals surface area contributed by atoms with Crippen molar-refractivity contribution in [1.82, 2.24) is 0 Å². The van der Waals surface area contributed by atoms with Crippen LogP contribution in [0.3, 0.4) is 0 Å². The Hall–Kier alpha value is -12.8. The maximum atomic E-state index is 7.96. The molecule has 1 aliphatic heterocycles. The number of hydrogen-bond donors (Lipinski definition) is 0. The third kappa shape index (κ3) is 9.73. The summed E-state index contributed by atoms with van der Waals surface area (Å²) >= 11 is 11.2. The van der Waals surface area contributed by atoms with Crippen LogP contribution in [0.5, 0.6) is 11.5 Å². The van der Waals surface area contributed by atoms with E-state index < -0.39 is 5.41 Å². The van der Waals surface area contributed by atoms with Crippen LogP contribution in [0.25, 0.3) is 107 Å². The number of para-hydroxylation sites is 4. The van der Waals surface area contributed by atoms with Gasteiger partial charge in [0.2, 0.25) is 0 Å². The van der Waals surface area contributed by atoms with E-state index in [1.54, 1.807) is 0 Å². The molecule has 1 spiro atoms. The number of rotatable bonds is 12. The van der Waals surface area contributed by atoms with Crippen LogP contribution in [0.1, 0.15) is 22.3 Å². The van der Waals surface area contributed by atoms with Crippen molar-refractivity contribution in [2.24, 2.45) is 0 Å². The second kappa shape index (κ2) is 24.5. The van der Waals surface area contributed by atoms with Gasteiger partial charge in [0.25, 0.3) is 0 Å². The van der Waals surface area contributed by atoms with Gasteiger partial charge in [0, 0.05) is 125 Å². The molecule has 8 heteroatoms. The van der Waals surface area contributed by atoms with E-state index in [1.807, 2.05) is 28.7 Å². The quantitative estimate of drug-likeness (QED) is 0.122. The molecule has 105 heavy (non-hydrogen) atoms. The van der Waals surface area contributed by atoms with Crippen LogP contribution in [0, 0.1) is 0 Å². The monoisotopic (exact) mass is 1400 g/mol. The molecule has 0 fully saturated rings. The van der Waals surface area contributed by atoms with Crippen molar-refractivity contribution >= 4 is 148 Å². The minimum absolute atomic E-state index is 0.640. The number of hydrogen-bond acceptors (Lipinski definition) is 7. The van der Waals surface area contributed by atoms with Crippen molar-refractivity contribution in [3.63, 3.8) is 0 Å². The predicted octanol–water partition coefficient (Wildman–Crippen LogP) is 28.9. The van der Waals surface area contributed by atoms with Crippen LogP contribution < -0.4 is 19.4 Å². The molecule has 2 aliphatic rings. The summed E-state index contributed by atoms with van der Waals surface area (Å²) in [6.45, 7) is 0. The maximum Gasteiger partial charge on any atom is 0.143 e. The van der Waals surface area contributed by atoms with Gasteiger partial charge in [-0.3, -0.25) is 0 Å². The fourth-order valence-corrected chi connectivity index (χ4v) is 19.4. The third-order valence-corrected chi connectivity index (χ3v) is 23.7. The lowest BCUT2D eigenvalue weighted by atomic mass is 9.66. The normalized spacial score (nSPS) is 12.6. The number of fused-ring (bicyclic) bond motifs is 18. The van der Waals surface area contributed by atoms with Crippen molar-refractivity contribution in [2.75, 3.05) is 14.7 Å². The molecule has 0 atom stereocenters. The Labute approximate surface area is 619 Å². The molecule has 0 saturated carbocycles. The first-order valence-corrected chi connectivity index (χ1v) is 37.5. The molecule has 4 heterocycles. The Morgan fingerprint density at radius 3 is 1.27 bits per heavy atom. The number of halogens is 1. The molecule has 3 aromatic heterocycles. The van der Waals surface area contributed by atoms with Gasteiger partial charge in [0.1, 0.15) is 22.7 Å². The van der Waals surface area contributed by atoms with E-state index in [4.69, 9.17) is 20.8 Å². The zero-order chi connectivity index (χ0) is 69.3. The Bertz CT molecular complexity index is 6410. The summed E-state index contributed by atoms with van der Waals surface area (Å²) in [5, 5.41) is 7.52. The van der Waals surface area contributed by atoms with E-state index in [2.05, 4.69) is 373 Å². The molecule has 1 aliphatic carbocycles. The summed E-state index contributed by atoms with van der Waals surface area (Å²) in [7, 11) is 0. The van der Waals surface area contributed by atoms with Gasteiger partial charge < -0.3 is 23.9 Å². The first-order valence-electron chi connectivity index (χ1n) is 35.5. The van der Waals surface area contributed by atoms with E-state index >= 15 is 0 Å². The second-order valence-electron chi connectivity index (χ2n) is 27.1. The number of thiophene rings is 2. The largest absolute Gasteiger partial charge is 0.457 e. The molecule has 5 nitrogen and oxygen atoms in total. The van der Waals surface area contributed by atoms with Crippen LogP contribution in [-0.2, 0) is 5.41 Å². The molecule has 494 valence electrons. The van der Waals surface area contributed by atoms with Crippen LogP contribution in [-0.4, -0.2) is 0 Å². The smallest absolute Gasteiger partial charge is 0.143 e. The predicted molar refractivity (Wildman–Crippen MR) is 442 cm³/mol. The van der Waals surface area contributed by atoms with Crippen molar-refractivity contribution < 1.29 is 9.15 Å². The summed E-state index contributed by atoms with van der Waals surface area (Å²) in [6.07, 6.45) is 0. The van der Waals surface area contributed by atoms with Gasteiger partial charge >= 0.3 is 0 Å². The molecule has 0 bridgehead atoms. The highest BCUT2D eigenvalue weighted by Gasteiger charge is 2.53. The molecular weight excluding hydrogens is 1340 g/mol. The highest BCUT2D eigenvalue weighted by molar-refractivity contribution is 7.26. The Kier molecular flexibility index (Phi) is 14.2. The van der Waals surface area contributed by atoms with Crippen molar-refractivity contribution in [1.29, 1.82) is 0 Å². The average molecular weight is 1400 g/mol. The number of furan rings is 1. The van der Waals surface area contributed by atoms with Crippen molar-refractivity contribution in [3.05, 3.63) is 391 Å². The van der Waals surface area contributed by atoms with Gasteiger partial charge in [0.05, 0.1) is 22.5 Å². The summed E-state index contributed by atoms with van der Waals surface area (Å²) in [4.78, 5) is 7.33. The van der Waals surface area contributed by atoms with Gasteiger partial charge in [-0.15, -0.1) is 22.7 Å². The zero-order valence-electron chi connectivity index (χ0n) is 56.5. The number of ether oxygens (including phenoxy) is 1. The summed E-state index contributed by atoms with van der Waals surface area (Å²) in [6, 6.07) is 132. The van der Waals surface area contributed by atoms with Crippen LogP contribution in [0.2, 0.25) is 5.02 Å². The average Bonchev–Trinajstić information content (AvgIpc) is 1.39. The maximum absolute atomic E-state index is 7.96. The second-order valence-corrected chi connectivity index (χ2v) is 29.7. The third-order valence-electron chi connectivity index (χ3n) is 21.3. The first kappa shape index (κ1) is 61.0. The molecule has 0 saturated heterocycles. The van der Waals surface area contributed by atoms with E-state index in [9.17, 15) is 0 Å². The zero-order valence-corrected chi connectivity index (χ0v) is 58.9. The number of nitrogens with zero attached hydrogens (tertiary/aromatic N) is 3. The molecule has 0 amide bonds. The molecule has 16 aromatic carbocycles. The van der Waals surface area contributed by atoms with E-state index in [-0.39, 0.29) is 0 Å². The first-order chi connectivity index (χ1) is 52.0. The molecule has 21 rings (SSSR count). The van der Waals surface area contributed by atoms with E-state index in [0.29, 0.717) is 5.02 Å². The number of benzene rings is 16. The number of anilines is 9. The van der Waals surface area contributed by atoms with Crippen molar-refractivity contribution in [2.45, 2.75) is 5.41 Å². The van der Waals surface area contributed by atoms with Gasteiger partial charge in [-0.1, -0.05) is 242 Å². The molecule has 0 N–H and O–H groups in total. The Morgan fingerprint density at radius 2 is 0.733 bits per heavy atom. The molecular formula is C97H60ClN3O2S2. The van der Waals surface area contributed by atoms with Gasteiger partial charge in [-0.2, -0.15) is 0 Å². The topological polar surface area (TPSA) is 32.1 Å². The lowest BCUT2D eigenvalue weighted by Crippen LogP contribution is -2.32. The minimum atomic E-state index is -0.989. The SMILES string of the molecule is Clc1ccc2c(c1)-c1c(N(c3ccccc3)c3cc(-c4ccccc4)c4oc5ccccc5c4c3)cccc1C21c2ccc(N(c3ccccc3)c3cc(-c4ccccc4)cc4sc5ccccc5c34)cc2Oc2cc(N(c3ccccc3)c3cc(-c4ccccc4)cc4sc5ccccc5c34)ccc21. The van der Waals surface area contributed by atoms with Crippen LogP contribution >= 0.6 is 34.3 Å². The Morgan fingerprint density at radius 1 is 0.276 bits per heavy atom. The summed E-state index contributed by atoms with van der Waals surface area (Å²) < 4.78 is 19.7. The van der Waals surface area contributed by atoms with E-state index in [1.165, 1.54) is 40.3 Å². The molecule has 0 radical (unpaired) electrons. The lowest BCUT2D eigenvalue weighted by molar-refractivity contribution is 0.436. The highest BCUT2D eigenvalue weighted by Crippen LogP contribution is 2.66. The highest BCUT2D eigenvalue weighted by atomic mass is 35.5. The lowest BCUT2D eigenvalue weighted by Gasteiger charge is -2.41. The molecule has 0 unspecified atom stereocenters. The van der Waals surface area contributed by atoms with Crippen LogP contribution in [0.15, 0.2) is 368 Å². The summed E-state index contributed by atoms with van der Waals surface area (Å²) in [5.74, 6) is 1.47. The van der Waals surface area contributed by atoms with Gasteiger partial charge in [-0.05, 0) is 166 Å². The summed E-state index contributed by atoms with van der Waals surface area (Å²) in [5.41, 5.74) is 22.7. The fourth-order valence-electron chi connectivity index (χ4n) is 16.8. The van der Waals surface area contributed by atoms with E-state index in [0.717, 1.165) is 151 Å². The van der Waals surface area contributed by atoms with Crippen molar-refractivity contribution in [3.8, 4) is 56.0 Å².